The average Bonchev–Trinajstić information content (AvgIpc) is 3.14. The van der Waals surface area contributed by atoms with Crippen LogP contribution >= 0.6 is 34.2 Å². The van der Waals surface area contributed by atoms with Gasteiger partial charge in [0.25, 0.3) is 0 Å². The highest BCUT2D eigenvalue weighted by atomic mass is 127. The third kappa shape index (κ3) is 4.25. The second-order valence-electron chi connectivity index (χ2n) is 8.36. The minimum Gasteiger partial charge on any atom is -0.487 e. The lowest BCUT2D eigenvalue weighted by molar-refractivity contribution is -0.136. The van der Waals surface area contributed by atoms with E-state index in [1.165, 1.54) is 7.11 Å². The van der Waals surface area contributed by atoms with Gasteiger partial charge in [-0.2, -0.15) is 0 Å². The number of carbonyl (C=O) groups is 2. The summed E-state index contributed by atoms with van der Waals surface area (Å²) < 4.78 is 12.2. The lowest BCUT2D eigenvalue weighted by Gasteiger charge is -2.29. The van der Waals surface area contributed by atoms with Crippen LogP contribution in [-0.4, -0.2) is 18.9 Å². The number of ether oxygens (including phenoxy) is 2. The van der Waals surface area contributed by atoms with Gasteiger partial charge < -0.3 is 14.8 Å². The minimum absolute atomic E-state index is 0.114. The molecular weight excluding hydrogens is 577 g/mol. The Morgan fingerprint density at radius 3 is 2.46 bits per heavy atom. The molecule has 176 valence electrons. The third-order valence-corrected chi connectivity index (χ3v) is 7.27. The summed E-state index contributed by atoms with van der Waals surface area (Å²) in [5, 5.41) is 3.68. The predicted octanol–water partition coefficient (Wildman–Crippen LogP) is 6.27. The molecule has 0 fully saturated rings. The first-order valence-electron chi connectivity index (χ1n) is 11.0. The van der Waals surface area contributed by atoms with Gasteiger partial charge in [0.15, 0.2) is 5.78 Å². The number of ketones is 1. The quantitative estimate of drug-likeness (QED) is 0.278. The summed E-state index contributed by atoms with van der Waals surface area (Å²) in [6.07, 6.45) is 0. The standard InChI is InChI=1S/C28H21ClINO4/c1-15-23(28(33)34-2)24(25-26(31-15)19-5-3-4-6-20(19)27(25)32)17-9-12-22(21(29)13-17)35-14-16-7-10-18(30)11-8-16/h3-13,24,31H,14H2,1-2H3/t24-/m1/s1. The minimum atomic E-state index is -0.624. The van der Waals surface area contributed by atoms with Gasteiger partial charge in [0.1, 0.15) is 12.4 Å². The molecule has 2 aliphatic rings. The van der Waals surface area contributed by atoms with Gasteiger partial charge in [0, 0.05) is 31.9 Å². The summed E-state index contributed by atoms with van der Waals surface area (Å²) in [6.45, 7) is 2.19. The van der Waals surface area contributed by atoms with Crippen LogP contribution in [0.25, 0.3) is 5.70 Å². The third-order valence-electron chi connectivity index (χ3n) is 6.25. The van der Waals surface area contributed by atoms with Gasteiger partial charge in [-0.05, 0) is 64.9 Å². The average molecular weight is 598 g/mol. The van der Waals surface area contributed by atoms with E-state index in [-0.39, 0.29) is 5.78 Å². The number of Topliss-reactive ketones (excluding diaryl/α,β-unsaturated/α-hetero) is 1. The number of carbonyl (C=O) groups excluding carboxylic acids is 2. The molecule has 0 aromatic heterocycles. The molecular formula is C28H21ClINO4. The maximum atomic E-state index is 13.5. The molecule has 0 spiro atoms. The smallest absolute Gasteiger partial charge is 0.336 e. The summed E-state index contributed by atoms with van der Waals surface area (Å²) in [5.74, 6) is -0.706. The van der Waals surface area contributed by atoms with Crippen LogP contribution in [0.15, 0.2) is 83.6 Å². The molecule has 0 amide bonds. The van der Waals surface area contributed by atoms with Crippen molar-refractivity contribution in [2.24, 2.45) is 0 Å². The van der Waals surface area contributed by atoms with E-state index < -0.39 is 11.9 Å². The number of dihydropyridines is 1. The summed E-state index contributed by atoms with van der Waals surface area (Å²) in [5.41, 5.74) is 5.43. The second-order valence-corrected chi connectivity index (χ2v) is 10.0. The zero-order valence-electron chi connectivity index (χ0n) is 19.0. The van der Waals surface area contributed by atoms with Gasteiger partial charge in [-0.25, -0.2) is 4.79 Å². The number of halogens is 2. The molecule has 1 N–H and O–H groups in total. The summed E-state index contributed by atoms with van der Waals surface area (Å²) in [7, 11) is 1.34. The summed E-state index contributed by atoms with van der Waals surface area (Å²) in [4.78, 5) is 26.3. The Balaban J connectivity index is 1.53. The van der Waals surface area contributed by atoms with Crippen LogP contribution in [0.3, 0.4) is 0 Å². The predicted molar refractivity (Wildman–Crippen MR) is 143 cm³/mol. The lowest BCUT2D eigenvalue weighted by atomic mass is 9.80. The zero-order chi connectivity index (χ0) is 24.7. The number of benzene rings is 3. The molecule has 1 aliphatic heterocycles. The molecule has 0 saturated heterocycles. The van der Waals surface area contributed by atoms with Crippen LogP contribution in [0.2, 0.25) is 5.02 Å². The number of hydrogen-bond donors (Lipinski definition) is 1. The van der Waals surface area contributed by atoms with E-state index in [0.29, 0.717) is 45.3 Å². The zero-order valence-corrected chi connectivity index (χ0v) is 21.9. The van der Waals surface area contributed by atoms with Gasteiger partial charge in [-0.15, -0.1) is 0 Å². The van der Waals surface area contributed by atoms with Crippen molar-refractivity contribution in [2.45, 2.75) is 19.4 Å². The lowest BCUT2D eigenvalue weighted by Crippen LogP contribution is -2.29. The van der Waals surface area contributed by atoms with Gasteiger partial charge >= 0.3 is 5.97 Å². The highest BCUT2D eigenvalue weighted by Crippen LogP contribution is 2.47. The van der Waals surface area contributed by atoms with Crippen molar-refractivity contribution in [1.29, 1.82) is 0 Å². The fourth-order valence-electron chi connectivity index (χ4n) is 4.60. The maximum absolute atomic E-state index is 13.5. The number of methoxy groups -OCH3 is 1. The van der Waals surface area contributed by atoms with Crippen molar-refractivity contribution in [3.05, 3.63) is 114 Å². The largest absolute Gasteiger partial charge is 0.487 e. The van der Waals surface area contributed by atoms with E-state index >= 15 is 0 Å². The van der Waals surface area contributed by atoms with Gasteiger partial charge in [0.2, 0.25) is 0 Å². The van der Waals surface area contributed by atoms with Crippen LogP contribution in [-0.2, 0) is 16.1 Å². The highest BCUT2D eigenvalue weighted by molar-refractivity contribution is 14.1. The number of allylic oxidation sites excluding steroid dienone is 2. The first kappa shape index (κ1) is 23.6. The molecule has 7 heteroatoms. The normalized spacial score (nSPS) is 16.6. The van der Waals surface area contributed by atoms with E-state index in [9.17, 15) is 9.59 Å². The molecule has 1 heterocycles. The summed E-state index contributed by atoms with van der Waals surface area (Å²) >= 11 is 8.89. The Hall–Kier alpha value is -3.10. The summed E-state index contributed by atoms with van der Waals surface area (Å²) in [6, 6.07) is 20.9. The SMILES string of the molecule is COC(=O)C1=C(C)NC2=C(C(=O)c3ccccc32)[C@@H]1c1ccc(OCc2ccc(I)cc2)c(Cl)c1. The molecule has 1 aliphatic carbocycles. The molecule has 1 atom stereocenters. The number of esters is 1. The molecule has 3 aromatic rings. The van der Waals surface area contributed by atoms with Crippen LogP contribution in [0.1, 0.15) is 39.9 Å². The molecule has 35 heavy (non-hydrogen) atoms. The van der Waals surface area contributed by atoms with Crippen LogP contribution in [0, 0.1) is 3.57 Å². The topological polar surface area (TPSA) is 64.6 Å². The second kappa shape index (κ2) is 9.51. The molecule has 5 rings (SSSR count). The van der Waals surface area contributed by atoms with Crippen LogP contribution in [0.4, 0.5) is 0 Å². The van der Waals surface area contributed by atoms with Crippen molar-refractivity contribution in [3.63, 3.8) is 0 Å². The number of fused-ring (bicyclic) bond motifs is 2. The number of nitrogens with one attached hydrogen (secondary N) is 1. The molecule has 0 radical (unpaired) electrons. The number of rotatable bonds is 5. The molecule has 3 aromatic carbocycles. The van der Waals surface area contributed by atoms with Gasteiger partial charge in [-0.1, -0.05) is 54.1 Å². The van der Waals surface area contributed by atoms with E-state index in [1.807, 2.05) is 55.5 Å². The Labute approximate surface area is 221 Å². The fraction of sp³-hybridized carbons (Fsp3) is 0.143. The van der Waals surface area contributed by atoms with Gasteiger partial charge in [0.05, 0.1) is 23.4 Å². The molecule has 0 unspecified atom stereocenters. The fourth-order valence-corrected chi connectivity index (χ4v) is 5.20. The van der Waals surface area contributed by atoms with Crippen molar-refractivity contribution in [1.82, 2.24) is 5.32 Å². The van der Waals surface area contributed by atoms with Gasteiger partial charge in [-0.3, -0.25) is 4.79 Å². The maximum Gasteiger partial charge on any atom is 0.336 e. The Bertz CT molecular complexity index is 1430. The first-order chi connectivity index (χ1) is 16.9. The van der Waals surface area contributed by atoms with E-state index in [4.69, 9.17) is 21.1 Å². The molecule has 0 bridgehead atoms. The first-order valence-corrected chi connectivity index (χ1v) is 12.5. The highest BCUT2D eigenvalue weighted by Gasteiger charge is 2.42. The van der Waals surface area contributed by atoms with E-state index in [1.54, 1.807) is 18.2 Å². The monoisotopic (exact) mass is 597 g/mol. The van der Waals surface area contributed by atoms with E-state index in [0.717, 1.165) is 20.4 Å². The Morgan fingerprint density at radius 2 is 1.77 bits per heavy atom. The van der Waals surface area contributed by atoms with Crippen molar-refractivity contribution < 1.29 is 19.1 Å². The van der Waals surface area contributed by atoms with Crippen LogP contribution < -0.4 is 10.1 Å². The van der Waals surface area contributed by atoms with Crippen molar-refractivity contribution >= 4 is 51.6 Å². The van der Waals surface area contributed by atoms with E-state index in [2.05, 4.69) is 27.9 Å². The molecule has 0 saturated carbocycles. The Kier molecular flexibility index (Phi) is 6.42. The van der Waals surface area contributed by atoms with Crippen molar-refractivity contribution in [2.75, 3.05) is 7.11 Å². The van der Waals surface area contributed by atoms with Crippen molar-refractivity contribution in [3.8, 4) is 5.75 Å². The Morgan fingerprint density at radius 1 is 1.06 bits per heavy atom. The molecule has 5 nitrogen and oxygen atoms in total. The van der Waals surface area contributed by atoms with Crippen LogP contribution in [0.5, 0.6) is 5.75 Å². The number of hydrogen-bond acceptors (Lipinski definition) is 5.